The van der Waals surface area contributed by atoms with E-state index in [4.69, 9.17) is 18.9 Å². The van der Waals surface area contributed by atoms with Crippen molar-refractivity contribution in [3.05, 3.63) is 39.9 Å². The van der Waals surface area contributed by atoms with E-state index < -0.39 is 40.3 Å². The first kappa shape index (κ1) is 19.8. The fraction of sp³-hybridized carbons (Fsp3) is 0.529. The van der Waals surface area contributed by atoms with E-state index >= 15 is 0 Å². The summed E-state index contributed by atoms with van der Waals surface area (Å²) in [5.41, 5.74) is -1.04. The minimum Gasteiger partial charge on any atom is -0.467 e. The van der Waals surface area contributed by atoms with Crippen LogP contribution in [-0.2, 0) is 34.3 Å². The summed E-state index contributed by atoms with van der Waals surface area (Å²) >= 11 is 0. The first-order chi connectivity index (χ1) is 12.1. The van der Waals surface area contributed by atoms with Crippen LogP contribution in [0.4, 0.5) is 5.69 Å². The van der Waals surface area contributed by atoms with Gasteiger partial charge in [-0.25, -0.2) is 9.59 Å². The van der Waals surface area contributed by atoms with Gasteiger partial charge in [0, 0.05) is 11.5 Å². The summed E-state index contributed by atoms with van der Waals surface area (Å²) in [5, 5.41) is 11.5. The SMILES string of the molecule is COC(=O)C1OC(c2ccccc2[N+](=O)[O-])(C(C)(C)C)OC1C(=O)OC. The molecule has 2 unspecified atom stereocenters. The van der Waals surface area contributed by atoms with Crippen LogP contribution in [0.1, 0.15) is 26.3 Å². The molecule has 0 spiro atoms. The zero-order valence-electron chi connectivity index (χ0n) is 15.2. The molecule has 1 fully saturated rings. The summed E-state index contributed by atoms with van der Waals surface area (Å²) < 4.78 is 21.1. The van der Waals surface area contributed by atoms with Crippen LogP contribution in [0.15, 0.2) is 24.3 Å². The molecule has 0 radical (unpaired) electrons. The minimum atomic E-state index is -1.74. The molecule has 9 heteroatoms. The second-order valence-corrected chi connectivity index (χ2v) is 6.76. The maximum absolute atomic E-state index is 12.1. The molecule has 0 saturated carbocycles. The second kappa shape index (κ2) is 7.00. The number of carbonyl (C=O) groups excluding carboxylic acids is 2. The zero-order valence-corrected chi connectivity index (χ0v) is 15.2. The maximum atomic E-state index is 12.1. The van der Waals surface area contributed by atoms with E-state index in [1.54, 1.807) is 26.8 Å². The van der Waals surface area contributed by atoms with Gasteiger partial charge in [-0.15, -0.1) is 0 Å². The van der Waals surface area contributed by atoms with E-state index in [1.165, 1.54) is 18.2 Å². The summed E-state index contributed by atoms with van der Waals surface area (Å²) in [4.78, 5) is 35.2. The number of para-hydroxylation sites is 1. The molecular weight excluding hydrogens is 346 g/mol. The predicted octanol–water partition coefficient (Wildman–Crippen LogP) is 1.92. The number of carbonyl (C=O) groups is 2. The van der Waals surface area contributed by atoms with Crippen LogP contribution in [-0.4, -0.2) is 43.3 Å². The molecule has 1 aliphatic heterocycles. The molecule has 0 bridgehead atoms. The topological polar surface area (TPSA) is 114 Å². The number of nitro groups is 1. The van der Waals surface area contributed by atoms with Gasteiger partial charge in [-0.3, -0.25) is 10.1 Å². The van der Waals surface area contributed by atoms with Crippen molar-refractivity contribution in [2.45, 2.75) is 38.8 Å². The molecule has 2 rings (SSSR count). The highest BCUT2D eigenvalue weighted by molar-refractivity contribution is 5.86. The number of rotatable bonds is 4. The normalized spacial score (nSPS) is 25.6. The van der Waals surface area contributed by atoms with Crippen molar-refractivity contribution in [2.75, 3.05) is 14.2 Å². The van der Waals surface area contributed by atoms with Gasteiger partial charge in [0.25, 0.3) is 5.69 Å². The molecule has 0 aromatic heterocycles. The fourth-order valence-electron chi connectivity index (χ4n) is 2.88. The molecule has 0 aliphatic carbocycles. The van der Waals surface area contributed by atoms with E-state index in [0.29, 0.717) is 0 Å². The third-order valence-electron chi connectivity index (χ3n) is 4.17. The lowest BCUT2D eigenvalue weighted by Crippen LogP contribution is -2.43. The molecule has 26 heavy (non-hydrogen) atoms. The van der Waals surface area contributed by atoms with Gasteiger partial charge in [0.05, 0.1) is 24.7 Å². The molecule has 1 saturated heterocycles. The maximum Gasteiger partial charge on any atom is 0.338 e. The number of nitro benzene ring substituents is 1. The molecule has 142 valence electrons. The lowest BCUT2D eigenvalue weighted by Gasteiger charge is -2.39. The fourth-order valence-corrected chi connectivity index (χ4v) is 2.88. The third kappa shape index (κ3) is 3.15. The number of hydrogen-bond donors (Lipinski definition) is 0. The molecule has 0 amide bonds. The Balaban J connectivity index is 2.68. The Morgan fingerprint density at radius 2 is 1.54 bits per heavy atom. The van der Waals surface area contributed by atoms with Gasteiger partial charge >= 0.3 is 11.9 Å². The van der Waals surface area contributed by atoms with E-state index in [2.05, 4.69) is 0 Å². The molecule has 1 heterocycles. The smallest absolute Gasteiger partial charge is 0.338 e. The van der Waals surface area contributed by atoms with Crippen LogP contribution in [0.3, 0.4) is 0 Å². The number of esters is 2. The van der Waals surface area contributed by atoms with Gasteiger partial charge in [-0.1, -0.05) is 32.9 Å². The molecule has 0 N–H and O–H groups in total. The third-order valence-corrected chi connectivity index (χ3v) is 4.17. The van der Waals surface area contributed by atoms with Crippen LogP contribution in [0.2, 0.25) is 0 Å². The number of methoxy groups -OCH3 is 2. The largest absolute Gasteiger partial charge is 0.467 e. The highest BCUT2D eigenvalue weighted by Gasteiger charge is 2.62. The number of benzene rings is 1. The Morgan fingerprint density at radius 3 is 1.92 bits per heavy atom. The van der Waals surface area contributed by atoms with Gasteiger partial charge < -0.3 is 18.9 Å². The van der Waals surface area contributed by atoms with Crippen LogP contribution in [0.25, 0.3) is 0 Å². The zero-order chi connectivity index (χ0) is 19.7. The second-order valence-electron chi connectivity index (χ2n) is 6.76. The highest BCUT2D eigenvalue weighted by Crippen LogP contribution is 2.52. The van der Waals surface area contributed by atoms with Crippen LogP contribution in [0, 0.1) is 15.5 Å². The average molecular weight is 367 g/mol. The lowest BCUT2D eigenvalue weighted by molar-refractivity contribution is -0.389. The Hall–Kier alpha value is -2.52. The first-order valence-electron chi connectivity index (χ1n) is 7.84. The van der Waals surface area contributed by atoms with Gasteiger partial charge in [0.15, 0.2) is 12.2 Å². The van der Waals surface area contributed by atoms with Crippen molar-refractivity contribution in [1.82, 2.24) is 0 Å². The molecule has 1 aliphatic rings. The van der Waals surface area contributed by atoms with Crippen molar-refractivity contribution >= 4 is 17.6 Å². The standard InChI is InChI=1S/C17H21NO8/c1-16(2,3)17(10-8-6-7-9-11(10)18(21)22)25-12(14(19)23-4)13(26-17)15(20)24-5/h6-9,12-13H,1-5H3. The molecular formula is C17H21NO8. The summed E-state index contributed by atoms with van der Waals surface area (Å²) in [6.07, 6.45) is -2.85. The summed E-state index contributed by atoms with van der Waals surface area (Å²) in [6, 6.07) is 5.86. The molecule has 9 nitrogen and oxygen atoms in total. The molecule has 1 aromatic rings. The summed E-state index contributed by atoms with van der Waals surface area (Å²) in [6.45, 7) is 5.16. The monoisotopic (exact) mass is 367 g/mol. The Kier molecular flexibility index (Phi) is 5.33. The average Bonchev–Trinajstić information content (AvgIpc) is 3.02. The van der Waals surface area contributed by atoms with Crippen molar-refractivity contribution in [3.8, 4) is 0 Å². The van der Waals surface area contributed by atoms with Crippen molar-refractivity contribution in [1.29, 1.82) is 0 Å². The van der Waals surface area contributed by atoms with E-state index in [1.807, 2.05) is 0 Å². The van der Waals surface area contributed by atoms with Gasteiger partial charge in [0.2, 0.25) is 5.79 Å². The molecule has 2 atom stereocenters. The number of hydrogen-bond acceptors (Lipinski definition) is 8. The molecule has 1 aromatic carbocycles. The lowest BCUT2D eigenvalue weighted by atomic mass is 9.80. The quantitative estimate of drug-likeness (QED) is 0.450. The van der Waals surface area contributed by atoms with E-state index in [9.17, 15) is 19.7 Å². The van der Waals surface area contributed by atoms with E-state index in [-0.39, 0.29) is 11.3 Å². The first-order valence-corrected chi connectivity index (χ1v) is 7.84. The van der Waals surface area contributed by atoms with Crippen LogP contribution in [0.5, 0.6) is 0 Å². The van der Waals surface area contributed by atoms with Crippen molar-refractivity contribution in [3.63, 3.8) is 0 Å². The van der Waals surface area contributed by atoms with Crippen LogP contribution >= 0.6 is 0 Å². The summed E-state index contributed by atoms with van der Waals surface area (Å²) in [5.74, 6) is -3.43. The van der Waals surface area contributed by atoms with Gasteiger partial charge in [-0.2, -0.15) is 0 Å². The predicted molar refractivity (Wildman–Crippen MR) is 88.0 cm³/mol. The van der Waals surface area contributed by atoms with E-state index in [0.717, 1.165) is 14.2 Å². The Labute approximate surface area is 150 Å². The Bertz CT molecular complexity index is 700. The minimum absolute atomic E-state index is 0.0952. The van der Waals surface area contributed by atoms with Gasteiger partial charge in [0.1, 0.15) is 0 Å². The van der Waals surface area contributed by atoms with Crippen LogP contribution < -0.4 is 0 Å². The van der Waals surface area contributed by atoms with Crippen molar-refractivity contribution < 1.29 is 33.5 Å². The number of ether oxygens (including phenoxy) is 4. The van der Waals surface area contributed by atoms with Crippen molar-refractivity contribution in [2.24, 2.45) is 5.41 Å². The highest BCUT2D eigenvalue weighted by atomic mass is 16.8. The Morgan fingerprint density at radius 1 is 1.08 bits per heavy atom. The van der Waals surface area contributed by atoms with Gasteiger partial charge in [-0.05, 0) is 6.07 Å². The number of nitrogens with zero attached hydrogens (tertiary/aromatic N) is 1. The summed E-state index contributed by atoms with van der Waals surface area (Å²) in [7, 11) is 2.28.